The normalized spacial score (nSPS) is 21.7. The number of nitrogens with one attached hydrogen (secondary N) is 1. The Kier molecular flexibility index (Phi) is 4.57. The molecule has 0 bridgehead atoms. The Hall–Kier alpha value is 0.570. The molecule has 4 nitrogen and oxygen atoms in total. The summed E-state index contributed by atoms with van der Waals surface area (Å²) in [4.78, 5) is 2.10. The highest BCUT2D eigenvalue weighted by molar-refractivity contribution is 7.99. The van der Waals surface area contributed by atoms with Crippen LogP contribution < -0.4 is 4.72 Å². The minimum atomic E-state index is -3.07. The number of hydrogen-bond donors (Lipinski definition) is 3. The first-order valence-electron chi connectivity index (χ1n) is 4.46. The molecular formula is C7H16N2O2S3. The summed E-state index contributed by atoms with van der Waals surface area (Å²) in [6, 6.07) is 0.0710. The van der Waals surface area contributed by atoms with E-state index in [1.165, 1.54) is 6.26 Å². The van der Waals surface area contributed by atoms with Gasteiger partial charge in [-0.1, -0.05) is 0 Å². The van der Waals surface area contributed by atoms with Crippen LogP contribution in [0.15, 0.2) is 0 Å². The Bertz CT molecular complexity index is 271. The van der Waals surface area contributed by atoms with E-state index in [0.717, 1.165) is 25.9 Å². The monoisotopic (exact) mass is 256 g/mol. The van der Waals surface area contributed by atoms with E-state index in [0.29, 0.717) is 0 Å². The molecule has 0 radical (unpaired) electrons. The van der Waals surface area contributed by atoms with E-state index in [1.54, 1.807) is 0 Å². The van der Waals surface area contributed by atoms with Gasteiger partial charge in [-0.2, -0.15) is 0 Å². The minimum Gasteiger partial charge on any atom is -0.283 e. The Labute approximate surface area is 96.3 Å². The summed E-state index contributed by atoms with van der Waals surface area (Å²) in [5.41, 5.74) is 0. The first kappa shape index (κ1) is 12.6. The number of nitrogens with zero attached hydrogens (tertiary/aromatic N) is 1. The summed E-state index contributed by atoms with van der Waals surface area (Å²) in [7, 11) is -3.07. The van der Waals surface area contributed by atoms with Gasteiger partial charge in [0.25, 0.3) is 0 Å². The van der Waals surface area contributed by atoms with E-state index in [-0.39, 0.29) is 10.7 Å². The molecule has 0 spiro atoms. The highest BCUT2D eigenvalue weighted by Crippen LogP contribution is 2.17. The predicted molar refractivity (Wildman–Crippen MR) is 64.3 cm³/mol. The average molecular weight is 256 g/mol. The number of piperidine rings is 1. The lowest BCUT2D eigenvalue weighted by molar-refractivity contribution is 0.229. The van der Waals surface area contributed by atoms with Gasteiger partial charge in [-0.05, 0) is 12.8 Å². The molecular weight excluding hydrogens is 240 g/mol. The summed E-state index contributed by atoms with van der Waals surface area (Å²) >= 11 is 8.42. The molecule has 0 aromatic carbocycles. The zero-order valence-corrected chi connectivity index (χ0v) is 10.7. The van der Waals surface area contributed by atoms with E-state index in [4.69, 9.17) is 0 Å². The maximum absolute atomic E-state index is 11.0. The van der Waals surface area contributed by atoms with Crippen molar-refractivity contribution in [3.63, 3.8) is 0 Å². The van der Waals surface area contributed by atoms with Crippen LogP contribution in [0.4, 0.5) is 0 Å². The molecule has 0 saturated carbocycles. The molecule has 1 N–H and O–H groups in total. The molecule has 84 valence electrons. The standard InChI is InChI=1S/C7H16N2O2S3/c1-14(10,11)8-6-2-4-9(5-3-6)7(12)13/h6-8,12-13H,2-5H2,1H3. The molecule has 0 unspecified atom stereocenters. The molecule has 14 heavy (non-hydrogen) atoms. The minimum absolute atomic E-state index is 0.0471. The van der Waals surface area contributed by atoms with Crippen molar-refractivity contribution < 1.29 is 8.42 Å². The Balaban J connectivity index is 2.36. The molecule has 1 aliphatic heterocycles. The smallest absolute Gasteiger partial charge is 0.208 e. The number of likely N-dealkylation sites (tertiary alicyclic amines) is 1. The molecule has 0 aliphatic carbocycles. The highest BCUT2D eigenvalue weighted by atomic mass is 32.2. The summed E-state index contributed by atoms with van der Waals surface area (Å²) < 4.78 is 24.5. The van der Waals surface area contributed by atoms with Gasteiger partial charge in [0, 0.05) is 19.1 Å². The van der Waals surface area contributed by atoms with Gasteiger partial charge in [-0.3, -0.25) is 4.90 Å². The lowest BCUT2D eigenvalue weighted by atomic mass is 10.1. The summed E-state index contributed by atoms with van der Waals surface area (Å²) in [5, 5.41) is 0. The van der Waals surface area contributed by atoms with E-state index < -0.39 is 10.0 Å². The molecule has 1 heterocycles. The van der Waals surface area contributed by atoms with Crippen LogP contribution in [-0.2, 0) is 10.0 Å². The van der Waals surface area contributed by atoms with E-state index in [2.05, 4.69) is 34.9 Å². The molecule has 1 rings (SSSR count). The second-order valence-electron chi connectivity index (χ2n) is 3.55. The van der Waals surface area contributed by atoms with Crippen molar-refractivity contribution in [2.24, 2.45) is 0 Å². The van der Waals surface area contributed by atoms with Gasteiger partial charge in [0.15, 0.2) is 0 Å². The predicted octanol–water partition coefficient (Wildman–Crippen LogP) is 0.143. The number of sulfonamides is 1. The number of hydrogen-bond acceptors (Lipinski definition) is 5. The highest BCUT2D eigenvalue weighted by Gasteiger charge is 2.23. The fourth-order valence-electron chi connectivity index (χ4n) is 1.55. The third kappa shape index (κ3) is 4.39. The zero-order valence-electron chi connectivity index (χ0n) is 8.05. The van der Waals surface area contributed by atoms with Gasteiger partial charge >= 0.3 is 0 Å². The second-order valence-corrected chi connectivity index (χ2v) is 6.71. The lowest BCUT2D eigenvalue weighted by Crippen LogP contribution is -2.45. The van der Waals surface area contributed by atoms with Crippen molar-refractivity contribution in [3.8, 4) is 0 Å². The maximum atomic E-state index is 11.0. The first-order valence-corrected chi connectivity index (χ1v) is 7.38. The van der Waals surface area contributed by atoms with Crippen LogP contribution in [0.1, 0.15) is 12.8 Å². The van der Waals surface area contributed by atoms with Gasteiger partial charge in [0.2, 0.25) is 10.0 Å². The van der Waals surface area contributed by atoms with Crippen LogP contribution in [0.5, 0.6) is 0 Å². The van der Waals surface area contributed by atoms with Crippen LogP contribution in [-0.4, -0.2) is 43.4 Å². The fraction of sp³-hybridized carbons (Fsp3) is 1.00. The van der Waals surface area contributed by atoms with Gasteiger partial charge in [0.1, 0.15) is 0 Å². The molecule has 0 aromatic rings. The topological polar surface area (TPSA) is 49.4 Å². The van der Waals surface area contributed by atoms with E-state index in [9.17, 15) is 8.42 Å². The molecule has 0 aromatic heterocycles. The van der Waals surface area contributed by atoms with Gasteiger partial charge < -0.3 is 0 Å². The molecule has 0 atom stereocenters. The van der Waals surface area contributed by atoms with Crippen molar-refractivity contribution in [2.75, 3.05) is 19.3 Å². The Morgan fingerprint density at radius 3 is 2.21 bits per heavy atom. The molecule has 1 saturated heterocycles. The van der Waals surface area contributed by atoms with Crippen LogP contribution in [0.25, 0.3) is 0 Å². The lowest BCUT2D eigenvalue weighted by Gasteiger charge is -2.33. The van der Waals surface area contributed by atoms with Crippen molar-refractivity contribution >= 4 is 35.3 Å². The molecule has 1 aliphatic rings. The SMILES string of the molecule is CS(=O)(=O)NC1CCN(C(S)S)CC1. The van der Waals surface area contributed by atoms with Crippen LogP contribution in [0.2, 0.25) is 0 Å². The van der Waals surface area contributed by atoms with Gasteiger partial charge in [-0.15, -0.1) is 25.3 Å². The van der Waals surface area contributed by atoms with Crippen LogP contribution in [0.3, 0.4) is 0 Å². The summed E-state index contributed by atoms with van der Waals surface area (Å²) in [6.45, 7) is 1.68. The van der Waals surface area contributed by atoms with Crippen molar-refractivity contribution in [1.82, 2.24) is 9.62 Å². The third-order valence-electron chi connectivity index (χ3n) is 2.24. The quantitative estimate of drug-likeness (QED) is 0.497. The molecule has 7 heteroatoms. The van der Waals surface area contributed by atoms with Crippen molar-refractivity contribution in [3.05, 3.63) is 0 Å². The second kappa shape index (κ2) is 5.07. The molecule has 0 amide bonds. The zero-order chi connectivity index (χ0) is 10.8. The van der Waals surface area contributed by atoms with Crippen molar-refractivity contribution in [1.29, 1.82) is 0 Å². The van der Waals surface area contributed by atoms with E-state index in [1.807, 2.05) is 0 Å². The third-order valence-corrected chi connectivity index (χ3v) is 3.65. The summed E-state index contributed by atoms with van der Waals surface area (Å²) in [6.07, 6.45) is 2.84. The Morgan fingerprint density at radius 1 is 1.36 bits per heavy atom. The number of rotatable bonds is 3. The van der Waals surface area contributed by atoms with Gasteiger partial charge in [-0.25, -0.2) is 13.1 Å². The first-order chi connectivity index (χ1) is 6.38. The Morgan fingerprint density at radius 2 is 1.86 bits per heavy atom. The number of thiol groups is 2. The van der Waals surface area contributed by atoms with E-state index >= 15 is 0 Å². The van der Waals surface area contributed by atoms with Crippen molar-refractivity contribution in [2.45, 2.75) is 23.6 Å². The molecule has 1 fully saturated rings. The van der Waals surface area contributed by atoms with Gasteiger partial charge in [0.05, 0.1) is 11.0 Å². The summed E-state index contributed by atoms with van der Waals surface area (Å²) in [5.74, 6) is 0. The largest absolute Gasteiger partial charge is 0.283 e. The maximum Gasteiger partial charge on any atom is 0.208 e. The fourth-order valence-corrected chi connectivity index (χ4v) is 2.85. The van der Waals surface area contributed by atoms with Crippen LogP contribution in [0, 0.1) is 0 Å². The van der Waals surface area contributed by atoms with Crippen LogP contribution >= 0.6 is 25.3 Å². The average Bonchev–Trinajstić information content (AvgIpc) is 2.02.